The third kappa shape index (κ3) is 4.06. The Morgan fingerprint density at radius 3 is 2.28 bits per heavy atom. The van der Waals surface area contributed by atoms with Crippen LogP contribution in [-0.4, -0.2) is 18.1 Å². The van der Waals surface area contributed by atoms with Crippen LogP contribution in [-0.2, 0) is 4.79 Å². The van der Waals surface area contributed by atoms with Crippen LogP contribution in [0.25, 0.3) is 0 Å². The van der Waals surface area contributed by atoms with Gasteiger partial charge in [-0.2, -0.15) is 0 Å². The Balaban J connectivity index is 2.75. The highest BCUT2D eigenvalue weighted by atomic mass is 16.5. The van der Waals surface area contributed by atoms with Gasteiger partial charge in [-0.15, -0.1) is 0 Å². The van der Waals surface area contributed by atoms with Crippen molar-refractivity contribution < 1.29 is 9.53 Å². The summed E-state index contributed by atoms with van der Waals surface area (Å²) in [5, 5.41) is 2.85. The number of carbonyl (C=O) groups excluding carboxylic acids is 1. The molecule has 1 rings (SSSR count). The molecule has 0 aliphatic carbocycles. The summed E-state index contributed by atoms with van der Waals surface area (Å²) in [5.74, 6) is 1.09. The predicted octanol–water partition coefficient (Wildman–Crippen LogP) is 3.10. The highest BCUT2D eigenvalue weighted by Crippen LogP contribution is 2.26. The Morgan fingerprint density at radius 1 is 1.11 bits per heavy atom. The maximum atomic E-state index is 11.8. The number of rotatable bonds is 5. The van der Waals surface area contributed by atoms with Crippen LogP contribution >= 0.6 is 0 Å². The molecular formula is C15H23NO2. The van der Waals surface area contributed by atoms with E-state index in [9.17, 15) is 4.79 Å². The Hall–Kier alpha value is -1.51. The van der Waals surface area contributed by atoms with Crippen LogP contribution in [0.2, 0.25) is 0 Å². The largest absolute Gasteiger partial charge is 0.481 e. The molecule has 3 heteroatoms. The second-order valence-corrected chi connectivity index (χ2v) is 5.12. The second kappa shape index (κ2) is 6.43. The summed E-state index contributed by atoms with van der Waals surface area (Å²) in [4.78, 5) is 11.8. The van der Waals surface area contributed by atoms with Crippen LogP contribution in [0, 0.1) is 0 Å². The van der Waals surface area contributed by atoms with E-state index in [2.05, 4.69) is 19.2 Å². The molecule has 0 heterocycles. The van der Waals surface area contributed by atoms with Gasteiger partial charge in [0.2, 0.25) is 0 Å². The van der Waals surface area contributed by atoms with Crippen molar-refractivity contribution in [3.63, 3.8) is 0 Å². The topological polar surface area (TPSA) is 38.3 Å². The molecular weight excluding hydrogens is 226 g/mol. The van der Waals surface area contributed by atoms with Crippen molar-refractivity contribution in [1.29, 1.82) is 0 Å². The van der Waals surface area contributed by atoms with Crippen LogP contribution < -0.4 is 10.1 Å². The van der Waals surface area contributed by atoms with Crippen molar-refractivity contribution in [1.82, 2.24) is 5.32 Å². The molecule has 0 unspecified atom stereocenters. The van der Waals surface area contributed by atoms with Gasteiger partial charge in [0.25, 0.3) is 5.91 Å². The maximum Gasteiger partial charge on any atom is 0.260 e. The van der Waals surface area contributed by atoms with E-state index in [1.54, 1.807) is 6.92 Å². The molecule has 18 heavy (non-hydrogen) atoms. The van der Waals surface area contributed by atoms with Crippen molar-refractivity contribution in [3.8, 4) is 5.75 Å². The average Bonchev–Trinajstić information content (AvgIpc) is 2.28. The van der Waals surface area contributed by atoms with Gasteiger partial charge in [0.15, 0.2) is 6.10 Å². The lowest BCUT2D eigenvalue weighted by Gasteiger charge is -2.19. The molecule has 0 aliphatic rings. The van der Waals surface area contributed by atoms with E-state index >= 15 is 0 Å². The molecule has 0 saturated heterocycles. The molecule has 100 valence electrons. The fraction of sp³-hybridized carbons (Fsp3) is 0.533. The fourth-order valence-electron chi connectivity index (χ4n) is 1.71. The van der Waals surface area contributed by atoms with Gasteiger partial charge >= 0.3 is 0 Å². The number of amides is 1. The number of benzene rings is 1. The lowest BCUT2D eigenvalue weighted by Crippen LogP contribution is -2.40. The SMILES string of the molecule is CC(C)NC(=O)[C@H](C)Oc1ccccc1C(C)C. The lowest BCUT2D eigenvalue weighted by molar-refractivity contribution is -0.127. The standard InChI is InChI=1S/C15H23NO2/c1-10(2)13-8-6-7-9-14(13)18-12(5)15(17)16-11(3)4/h6-12H,1-5H3,(H,16,17)/t12-/m0/s1. The highest BCUT2D eigenvalue weighted by Gasteiger charge is 2.17. The number of nitrogens with one attached hydrogen (secondary N) is 1. The molecule has 3 nitrogen and oxygen atoms in total. The van der Waals surface area contributed by atoms with E-state index in [0.717, 1.165) is 11.3 Å². The summed E-state index contributed by atoms with van der Waals surface area (Å²) in [6.45, 7) is 9.87. The Bertz CT molecular complexity index is 399. The quantitative estimate of drug-likeness (QED) is 0.870. The molecule has 0 radical (unpaired) electrons. The van der Waals surface area contributed by atoms with E-state index in [1.165, 1.54) is 0 Å². The van der Waals surface area contributed by atoms with Gasteiger partial charge in [-0.1, -0.05) is 32.0 Å². The number of hydrogen-bond donors (Lipinski definition) is 1. The summed E-state index contributed by atoms with van der Waals surface area (Å²) < 4.78 is 5.76. The van der Waals surface area contributed by atoms with Gasteiger partial charge in [-0.25, -0.2) is 0 Å². The van der Waals surface area contributed by atoms with Crippen LogP contribution in [0.4, 0.5) is 0 Å². The van der Waals surface area contributed by atoms with Crippen molar-refractivity contribution in [2.75, 3.05) is 0 Å². The van der Waals surface area contributed by atoms with Gasteiger partial charge in [-0.3, -0.25) is 4.79 Å². The zero-order valence-corrected chi connectivity index (χ0v) is 11.9. The molecule has 1 N–H and O–H groups in total. The van der Waals surface area contributed by atoms with Crippen molar-refractivity contribution >= 4 is 5.91 Å². The smallest absolute Gasteiger partial charge is 0.260 e. The van der Waals surface area contributed by atoms with E-state index < -0.39 is 6.10 Å². The summed E-state index contributed by atoms with van der Waals surface area (Å²) in [7, 11) is 0. The first-order chi connectivity index (χ1) is 8.41. The Kier molecular flexibility index (Phi) is 5.20. The van der Waals surface area contributed by atoms with E-state index in [4.69, 9.17) is 4.74 Å². The molecule has 1 atom stereocenters. The number of carbonyl (C=O) groups is 1. The van der Waals surface area contributed by atoms with Crippen LogP contribution in [0.1, 0.15) is 46.1 Å². The monoisotopic (exact) mass is 249 g/mol. The number of hydrogen-bond acceptors (Lipinski definition) is 2. The molecule has 0 fully saturated rings. The minimum atomic E-state index is -0.479. The zero-order chi connectivity index (χ0) is 13.7. The van der Waals surface area contributed by atoms with Crippen molar-refractivity contribution in [2.45, 2.75) is 52.7 Å². The van der Waals surface area contributed by atoms with E-state index in [1.807, 2.05) is 38.1 Å². The van der Waals surface area contributed by atoms with Gasteiger partial charge in [0.1, 0.15) is 5.75 Å². The van der Waals surface area contributed by atoms with Gasteiger partial charge in [0.05, 0.1) is 0 Å². The molecule has 1 amide bonds. The molecule has 0 aliphatic heterocycles. The zero-order valence-electron chi connectivity index (χ0n) is 11.9. The normalized spacial score (nSPS) is 12.6. The Morgan fingerprint density at radius 2 is 1.72 bits per heavy atom. The van der Waals surface area contributed by atoms with E-state index in [-0.39, 0.29) is 11.9 Å². The Labute approximate surface area is 110 Å². The predicted molar refractivity (Wildman–Crippen MR) is 73.9 cm³/mol. The summed E-state index contributed by atoms with van der Waals surface area (Å²) in [5.41, 5.74) is 1.13. The first kappa shape index (κ1) is 14.6. The van der Waals surface area contributed by atoms with Crippen LogP contribution in [0.3, 0.4) is 0 Å². The molecule has 1 aromatic carbocycles. The molecule has 0 spiro atoms. The molecule has 0 aromatic heterocycles. The van der Waals surface area contributed by atoms with Crippen molar-refractivity contribution in [3.05, 3.63) is 29.8 Å². The highest BCUT2D eigenvalue weighted by molar-refractivity contribution is 5.80. The molecule has 0 saturated carbocycles. The van der Waals surface area contributed by atoms with Crippen LogP contribution in [0.5, 0.6) is 5.75 Å². The molecule has 0 bridgehead atoms. The van der Waals surface area contributed by atoms with Gasteiger partial charge in [0, 0.05) is 6.04 Å². The first-order valence-corrected chi connectivity index (χ1v) is 6.47. The van der Waals surface area contributed by atoms with Crippen LogP contribution in [0.15, 0.2) is 24.3 Å². The minimum Gasteiger partial charge on any atom is -0.481 e. The second-order valence-electron chi connectivity index (χ2n) is 5.12. The third-order valence-electron chi connectivity index (χ3n) is 2.64. The summed E-state index contributed by atoms with van der Waals surface area (Å²) >= 11 is 0. The summed E-state index contributed by atoms with van der Waals surface area (Å²) in [6.07, 6.45) is -0.479. The minimum absolute atomic E-state index is 0.0800. The number of para-hydroxylation sites is 1. The van der Waals surface area contributed by atoms with Gasteiger partial charge in [-0.05, 0) is 38.3 Å². The first-order valence-electron chi connectivity index (χ1n) is 6.47. The third-order valence-corrected chi connectivity index (χ3v) is 2.64. The van der Waals surface area contributed by atoms with Gasteiger partial charge < -0.3 is 10.1 Å². The maximum absolute atomic E-state index is 11.8. The number of ether oxygens (including phenoxy) is 1. The average molecular weight is 249 g/mol. The summed E-state index contributed by atoms with van der Waals surface area (Å²) in [6, 6.07) is 7.99. The molecule has 1 aromatic rings. The van der Waals surface area contributed by atoms with Crippen molar-refractivity contribution in [2.24, 2.45) is 0 Å². The fourth-order valence-corrected chi connectivity index (χ4v) is 1.71. The lowest BCUT2D eigenvalue weighted by atomic mass is 10.0. The van der Waals surface area contributed by atoms with E-state index in [0.29, 0.717) is 5.92 Å².